The van der Waals surface area contributed by atoms with E-state index < -0.39 is 85.4 Å². The van der Waals surface area contributed by atoms with Crippen molar-refractivity contribution in [2.75, 3.05) is 13.1 Å². The Bertz CT molecular complexity index is 1520. The molecule has 2 amide bonds. The third-order valence-corrected chi connectivity index (χ3v) is 11.5. The number of likely N-dealkylation sites (tertiary alicyclic amines) is 1. The van der Waals surface area contributed by atoms with Crippen molar-refractivity contribution in [1.82, 2.24) is 9.80 Å². The van der Waals surface area contributed by atoms with E-state index in [4.69, 9.17) is 0 Å². The lowest BCUT2D eigenvalue weighted by molar-refractivity contribution is -0.348. The number of carboxylic acid groups (broad SMARTS) is 1. The maximum absolute atomic E-state index is 14.7. The van der Waals surface area contributed by atoms with Gasteiger partial charge in [-0.1, -0.05) is 24.3 Å². The van der Waals surface area contributed by atoms with Crippen molar-refractivity contribution in [3.63, 3.8) is 0 Å². The summed E-state index contributed by atoms with van der Waals surface area (Å²) < 4.78 is 135. The Morgan fingerprint density at radius 3 is 1.84 bits per heavy atom. The molecule has 2 aromatic rings. The topological polar surface area (TPSA) is 95.0 Å². The van der Waals surface area contributed by atoms with Crippen LogP contribution in [0.2, 0.25) is 0 Å². The number of carboxylic acids is 1. The minimum absolute atomic E-state index is 0.183. The average molecular weight is 655 g/mol. The van der Waals surface area contributed by atoms with Crippen LogP contribution >= 0.6 is 0 Å². The molecule has 16 heteroatoms. The molecule has 44 heavy (non-hydrogen) atoms. The highest BCUT2D eigenvalue weighted by atomic mass is 32.2. The zero-order valence-corrected chi connectivity index (χ0v) is 23.5. The number of nitrogens with zero attached hydrogens (tertiary/aromatic N) is 2. The lowest BCUT2D eigenvalue weighted by Crippen LogP contribution is -2.53. The zero-order valence-electron chi connectivity index (χ0n) is 22.7. The molecule has 7 nitrogen and oxygen atoms in total. The maximum Gasteiger partial charge on any atom is 0.435 e. The van der Waals surface area contributed by atoms with Crippen LogP contribution in [0.3, 0.4) is 0 Å². The van der Waals surface area contributed by atoms with E-state index in [0.29, 0.717) is 25.0 Å². The van der Waals surface area contributed by atoms with Gasteiger partial charge in [0.05, 0.1) is 10.8 Å². The Kier molecular flexibility index (Phi) is 7.69. The van der Waals surface area contributed by atoms with E-state index in [2.05, 4.69) is 0 Å². The van der Waals surface area contributed by atoms with Crippen molar-refractivity contribution < 1.29 is 58.2 Å². The summed E-state index contributed by atoms with van der Waals surface area (Å²) in [6.45, 7) is -0.750. The minimum Gasteiger partial charge on any atom is -0.481 e. The van der Waals surface area contributed by atoms with Crippen molar-refractivity contribution in [2.45, 2.75) is 71.9 Å². The summed E-state index contributed by atoms with van der Waals surface area (Å²) in [5.74, 6) is -2.41. The number of amides is 2. The Morgan fingerprint density at radius 2 is 1.36 bits per heavy atom. The van der Waals surface area contributed by atoms with Crippen LogP contribution in [0.5, 0.6) is 0 Å². The molecule has 2 unspecified atom stereocenters. The predicted octanol–water partition coefficient (Wildman–Crippen LogP) is 5.94. The number of alkyl halides is 7. The van der Waals surface area contributed by atoms with Crippen molar-refractivity contribution in [1.29, 1.82) is 0 Å². The van der Waals surface area contributed by atoms with E-state index in [1.54, 1.807) is 0 Å². The average Bonchev–Trinajstić information content (AvgIpc) is 3.51. The largest absolute Gasteiger partial charge is 0.481 e. The second-order valence-corrected chi connectivity index (χ2v) is 13.7. The second kappa shape index (κ2) is 10.6. The van der Waals surface area contributed by atoms with Crippen LogP contribution < -0.4 is 0 Å². The van der Waals surface area contributed by atoms with Gasteiger partial charge in [0.25, 0.3) is 0 Å². The van der Waals surface area contributed by atoms with Crippen LogP contribution in [-0.2, 0) is 25.0 Å². The van der Waals surface area contributed by atoms with E-state index in [1.807, 2.05) is 0 Å². The number of aliphatic carboxylic acids is 1. The van der Waals surface area contributed by atoms with Gasteiger partial charge in [0.15, 0.2) is 9.84 Å². The Hall–Kier alpha value is -3.43. The van der Waals surface area contributed by atoms with Gasteiger partial charge in [-0.25, -0.2) is 22.0 Å². The van der Waals surface area contributed by atoms with E-state index in [-0.39, 0.29) is 43.5 Å². The smallest absolute Gasteiger partial charge is 0.435 e. The fraction of sp³-hybridized carbons (Fsp3) is 0.500. The van der Waals surface area contributed by atoms with Crippen LogP contribution in [0.4, 0.5) is 39.9 Å². The molecule has 0 spiro atoms. The lowest BCUT2D eigenvalue weighted by Gasteiger charge is -2.40. The summed E-state index contributed by atoms with van der Waals surface area (Å²) in [6.07, 6.45) is -11.6. The number of piperidine rings is 1. The third-order valence-electron chi connectivity index (χ3n) is 9.03. The molecular weight excluding hydrogens is 628 g/mol. The van der Waals surface area contributed by atoms with Crippen LogP contribution in [0.15, 0.2) is 53.4 Å². The van der Waals surface area contributed by atoms with E-state index >= 15 is 0 Å². The standard InChI is InChI=1S/C28H26F8N2O5S/c29-19-5-9-22(10-6-19)44(42,43)25(17-1-3-18(4-2-17)26(30,27(31,32)33)28(34,35)36)11-12-37(15-25)24(41)38-20-7-8-21(38)14-16(13-20)23(39)40/h1-6,9-10,16,20-21H,7-8,11-15H2,(H,39,40)/t16?,20?,21?,25-/m0/s1. The Balaban J connectivity index is 1.54. The molecule has 0 aliphatic carbocycles. The molecular formula is C28H26F8N2O5S. The van der Waals surface area contributed by atoms with Gasteiger partial charge < -0.3 is 14.9 Å². The van der Waals surface area contributed by atoms with Crippen molar-refractivity contribution in [3.05, 3.63) is 65.5 Å². The van der Waals surface area contributed by atoms with E-state index in [9.17, 15) is 58.2 Å². The van der Waals surface area contributed by atoms with Crippen LogP contribution in [0.1, 0.15) is 43.2 Å². The van der Waals surface area contributed by atoms with E-state index in [0.717, 1.165) is 24.3 Å². The summed E-state index contributed by atoms with van der Waals surface area (Å²) in [7, 11) is -4.60. The highest BCUT2D eigenvalue weighted by molar-refractivity contribution is 7.92. The number of urea groups is 1. The van der Waals surface area contributed by atoms with Gasteiger partial charge in [-0.15, -0.1) is 0 Å². The summed E-state index contributed by atoms with van der Waals surface area (Å²) >= 11 is 0. The fourth-order valence-electron chi connectivity index (χ4n) is 6.74. The van der Waals surface area contributed by atoms with Gasteiger partial charge >= 0.3 is 30.0 Å². The first kappa shape index (κ1) is 32.0. The summed E-state index contributed by atoms with van der Waals surface area (Å²) in [5, 5.41) is 9.45. The van der Waals surface area contributed by atoms with Crippen molar-refractivity contribution in [2.24, 2.45) is 5.92 Å². The van der Waals surface area contributed by atoms with Gasteiger partial charge in [-0.3, -0.25) is 4.79 Å². The number of hydrogen-bond donors (Lipinski definition) is 1. The monoisotopic (exact) mass is 654 g/mol. The first-order valence-electron chi connectivity index (χ1n) is 13.6. The number of fused-ring (bicyclic) bond motifs is 2. The molecule has 3 atom stereocenters. The molecule has 0 aromatic heterocycles. The lowest BCUT2D eigenvalue weighted by atomic mass is 9.90. The molecule has 3 aliphatic rings. The maximum atomic E-state index is 14.7. The molecule has 3 aliphatic heterocycles. The highest BCUT2D eigenvalue weighted by Gasteiger charge is 2.73. The normalized spacial score (nSPS) is 26.2. The molecule has 3 saturated heterocycles. The molecule has 3 fully saturated rings. The van der Waals surface area contributed by atoms with Crippen LogP contribution in [-0.4, -0.2) is 72.9 Å². The highest BCUT2D eigenvalue weighted by Crippen LogP contribution is 2.54. The summed E-state index contributed by atoms with van der Waals surface area (Å²) in [5.41, 5.74) is -7.83. The number of halogens is 8. The van der Waals surface area contributed by atoms with Gasteiger partial charge in [-0.2, -0.15) is 26.3 Å². The molecule has 0 radical (unpaired) electrons. The quantitative estimate of drug-likeness (QED) is 0.319. The van der Waals surface area contributed by atoms with Gasteiger partial charge in [0.2, 0.25) is 0 Å². The molecule has 0 saturated carbocycles. The summed E-state index contributed by atoms with van der Waals surface area (Å²) in [6, 6.07) is 3.98. The van der Waals surface area contributed by atoms with Gasteiger partial charge in [0, 0.05) is 30.7 Å². The van der Waals surface area contributed by atoms with Gasteiger partial charge in [0.1, 0.15) is 10.6 Å². The molecule has 2 bridgehead atoms. The molecule has 1 N–H and O–H groups in total. The number of carbonyl (C=O) groups excluding carboxylic acids is 1. The van der Waals surface area contributed by atoms with Gasteiger partial charge in [-0.05, 0) is 61.9 Å². The van der Waals surface area contributed by atoms with Crippen molar-refractivity contribution >= 4 is 21.8 Å². The molecule has 240 valence electrons. The van der Waals surface area contributed by atoms with Crippen LogP contribution in [0.25, 0.3) is 0 Å². The molecule has 3 heterocycles. The number of carbonyl (C=O) groups is 2. The Labute approximate surface area is 246 Å². The SMILES string of the molecule is O=C(O)C1CC2CCC(C1)N2C(=O)N1CC[C@](c2ccc(C(F)(C(F)(F)F)C(F)(F)F)cc2)(S(=O)(=O)c2ccc(F)cc2)C1. The zero-order chi connectivity index (χ0) is 32.5. The first-order valence-corrected chi connectivity index (χ1v) is 15.1. The number of benzene rings is 2. The first-order chi connectivity index (χ1) is 20.3. The second-order valence-electron chi connectivity index (χ2n) is 11.4. The number of sulfone groups is 1. The van der Waals surface area contributed by atoms with Crippen molar-refractivity contribution in [3.8, 4) is 0 Å². The Morgan fingerprint density at radius 1 is 0.841 bits per heavy atom. The predicted molar refractivity (Wildman–Crippen MR) is 137 cm³/mol. The minimum atomic E-state index is -6.38. The third kappa shape index (κ3) is 4.88. The number of hydrogen-bond acceptors (Lipinski definition) is 4. The molecule has 2 aromatic carbocycles. The summed E-state index contributed by atoms with van der Waals surface area (Å²) in [4.78, 5) is 27.6. The number of rotatable bonds is 5. The van der Waals surface area contributed by atoms with Crippen LogP contribution in [0, 0.1) is 11.7 Å². The van der Waals surface area contributed by atoms with E-state index in [1.165, 1.54) is 9.80 Å². The fourth-order valence-corrected chi connectivity index (χ4v) is 8.82. The molecule has 5 rings (SSSR count).